The Hall–Kier alpha value is -2.18. The highest BCUT2D eigenvalue weighted by Crippen LogP contribution is 2.22. The van der Waals surface area contributed by atoms with Crippen molar-refractivity contribution in [2.75, 3.05) is 37.7 Å². The van der Waals surface area contributed by atoms with E-state index in [-0.39, 0.29) is 54.8 Å². The number of hydrogen-bond acceptors (Lipinski definition) is 7. The molecule has 1 saturated heterocycles. The molecule has 1 aliphatic heterocycles. The SMILES string of the molecule is NC(=O)CSCCC(=O)N1CCN(S(=O)(=O)c2cccc([N+](=O)[O-])c2)CC1. The first kappa shape index (κ1) is 21.1. The highest BCUT2D eigenvalue weighted by atomic mass is 32.2. The van der Waals surface area contributed by atoms with Gasteiger partial charge in [-0.1, -0.05) is 6.07 Å². The molecule has 10 nitrogen and oxygen atoms in total. The lowest BCUT2D eigenvalue weighted by atomic mass is 10.3. The number of sulfonamides is 1. The molecule has 0 aliphatic carbocycles. The van der Waals surface area contributed by atoms with Gasteiger partial charge in [-0.2, -0.15) is 16.1 Å². The Balaban J connectivity index is 1.92. The minimum absolute atomic E-state index is 0.112. The molecule has 1 fully saturated rings. The predicted molar refractivity (Wildman–Crippen MR) is 99.6 cm³/mol. The van der Waals surface area contributed by atoms with Gasteiger partial charge in [0.1, 0.15) is 0 Å². The quantitative estimate of drug-likeness (QED) is 0.358. The van der Waals surface area contributed by atoms with Crippen molar-refractivity contribution in [3.05, 3.63) is 34.4 Å². The van der Waals surface area contributed by atoms with Crippen molar-refractivity contribution in [3.63, 3.8) is 0 Å². The monoisotopic (exact) mass is 416 g/mol. The van der Waals surface area contributed by atoms with Gasteiger partial charge in [0.2, 0.25) is 21.8 Å². The number of amides is 2. The number of nitro benzene ring substituents is 1. The molecule has 0 spiro atoms. The van der Waals surface area contributed by atoms with E-state index < -0.39 is 20.9 Å². The number of hydrogen-bond donors (Lipinski definition) is 1. The maximum atomic E-state index is 12.7. The van der Waals surface area contributed by atoms with Crippen molar-refractivity contribution in [1.82, 2.24) is 9.21 Å². The number of primary amides is 1. The zero-order valence-electron chi connectivity index (χ0n) is 14.4. The molecule has 1 aliphatic rings. The molecule has 0 bridgehead atoms. The van der Waals surface area contributed by atoms with Gasteiger partial charge in [0, 0.05) is 50.5 Å². The molecule has 148 valence electrons. The third kappa shape index (κ3) is 5.65. The van der Waals surface area contributed by atoms with Crippen molar-refractivity contribution < 1.29 is 22.9 Å². The number of carbonyl (C=O) groups excluding carboxylic acids is 2. The Morgan fingerprint density at radius 2 is 1.89 bits per heavy atom. The summed E-state index contributed by atoms with van der Waals surface area (Å²) < 4.78 is 26.6. The van der Waals surface area contributed by atoms with Crippen LogP contribution in [-0.4, -0.2) is 72.0 Å². The fourth-order valence-electron chi connectivity index (χ4n) is 2.57. The van der Waals surface area contributed by atoms with Crippen molar-refractivity contribution in [3.8, 4) is 0 Å². The normalized spacial score (nSPS) is 15.5. The van der Waals surface area contributed by atoms with Gasteiger partial charge >= 0.3 is 0 Å². The number of non-ortho nitro benzene ring substituents is 1. The summed E-state index contributed by atoms with van der Waals surface area (Å²) in [5.41, 5.74) is 4.73. The summed E-state index contributed by atoms with van der Waals surface area (Å²) in [5, 5.41) is 10.8. The molecular formula is C15H20N4O6S2. The van der Waals surface area contributed by atoms with Crippen LogP contribution in [0.2, 0.25) is 0 Å². The molecule has 1 aromatic rings. The number of benzene rings is 1. The van der Waals surface area contributed by atoms with Gasteiger partial charge < -0.3 is 10.6 Å². The second-order valence-electron chi connectivity index (χ2n) is 5.81. The summed E-state index contributed by atoms with van der Waals surface area (Å²) in [6, 6.07) is 4.90. The largest absolute Gasteiger partial charge is 0.369 e. The minimum Gasteiger partial charge on any atom is -0.369 e. The van der Waals surface area contributed by atoms with Crippen molar-refractivity contribution in [2.24, 2.45) is 5.73 Å². The zero-order chi connectivity index (χ0) is 20.0. The number of nitro groups is 1. The Morgan fingerprint density at radius 3 is 2.48 bits per heavy atom. The van der Waals surface area contributed by atoms with Crippen LogP contribution in [0.25, 0.3) is 0 Å². The van der Waals surface area contributed by atoms with E-state index in [0.717, 1.165) is 6.07 Å². The van der Waals surface area contributed by atoms with Crippen LogP contribution in [0.1, 0.15) is 6.42 Å². The summed E-state index contributed by atoms with van der Waals surface area (Å²) in [6.45, 7) is 0.720. The van der Waals surface area contributed by atoms with E-state index in [1.807, 2.05) is 0 Å². The summed E-state index contributed by atoms with van der Waals surface area (Å²) in [4.78, 5) is 34.4. The van der Waals surface area contributed by atoms with E-state index in [9.17, 15) is 28.1 Å². The first-order valence-corrected chi connectivity index (χ1v) is 10.7. The maximum Gasteiger partial charge on any atom is 0.270 e. The van der Waals surface area contributed by atoms with Gasteiger partial charge in [-0.25, -0.2) is 8.42 Å². The number of carbonyl (C=O) groups is 2. The van der Waals surface area contributed by atoms with Crippen LogP contribution in [0, 0.1) is 10.1 Å². The summed E-state index contributed by atoms with van der Waals surface area (Å²) >= 11 is 1.28. The summed E-state index contributed by atoms with van der Waals surface area (Å²) in [6.07, 6.45) is 0.246. The third-order valence-corrected chi connectivity index (χ3v) is 6.84. The lowest BCUT2D eigenvalue weighted by Gasteiger charge is -2.34. The average molecular weight is 416 g/mol. The van der Waals surface area contributed by atoms with E-state index >= 15 is 0 Å². The highest BCUT2D eigenvalue weighted by Gasteiger charge is 2.30. The molecule has 0 aromatic heterocycles. The predicted octanol–water partition coefficient (Wildman–Crippen LogP) is 0.0363. The molecule has 2 rings (SSSR count). The van der Waals surface area contributed by atoms with Crippen LogP contribution in [0.3, 0.4) is 0 Å². The second kappa shape index (κ2) is 9.15. The Labute approximate surface area is 160 Å². The van der Waals surface area contributed by atoms with Gasteiger partial charge in [-0.3, -0.25) is 19.7 Å². The molecule has 12 heteroatoms. The van der Waals surface area contributed by atoms with Crippen molar-refractivity contribution in [2.45, 2.75) is 11.3 Å². The van der Waals surface area contributed by atoms with Crippen LogP contribution >= 0.6 is 11.8 Å². The van der Waals surface area contributed by atoms with Crippen LogP contribution in [-0.2, 0) is 19.6 Å². The van der Waals surface area contributed by atoms with Gasteiger partial charge in [0.05, 0.1) is 15.6 Å². The van der Waals surface area contributed by atoms with Crippen molar-refractivity contribution in [1.29, 1.82) is 0 Å². The highest BCUT2D eigenvalue weighted by molar-refractivity contribution is 7.99. The van der Waals surface area contributed by atoms with Crippen LogP contribution < -0.4 is 5.73 Å². The number of nitrogens with two attached hydrogens (primary N) is 1. The minimum atomic E-state index is -3.86. The van der Waals surface area contributed by atoms with E-state index in [4.69, 9.17) is 5.73 Å². The molecule has 1 heterocycles. The molecule has 0 unspecified atom stereocenters. The average Bonchev–Trinajstić information content (AvgIpc) is 2.65. The van der Waals surface area contributed by atoms with E-state index in [0.29, 0.717) is 5.75 Å². The zero-order valence-corrected chi connectivity index (χ0v) is 16.1. The fourth-order valence-corrected chi connectivity index (χ4v) is 4.70. The number of piperazine rings is 1. The lowest BCUT2D eigenvalue weighted by molar-refractivity contribution is -0.385. The van der Waals surface area contributed by atoms with Crippen LogP contribution in [0.15, 0.2) is 29.2 Å². The second-order valence-corrected chi connectivity index (χ2v) is 8.85. The topological polar surface area (TPSA) is 144 Å². The Morgan fingerprint density at radius 1 is 1.22 bits per heavy atom. The number of nitrogens with zero attached hydrogens (tertiary/aromatic N) is 3. The van der Waals surface area contributed by atoms with Crippen LogP contribution in [0.5, 0.6) is 0 Å². The van der Waals surface area contributed by atoms with Gasteiger partial charge in [-0.15, -0.1) is 0 Å². The molecule has 27 heavy (non-hydrogen) atoms. The molecule has 2 amide bonds. The lowest BCUT2D eigenvalue weighted by Crippen LogP contribution is -2.50. The summed E-state index contributed by atoms with van der Waals surface area (Å²) in [7, 11) is -3.86. The smallest absolute Gasteiger partial charge is 0.270 e. The van der Waals surface area contributed by atoms with Crippen molar-refractivity contribution >= 4 is 39.3 Å². The third-order valence-electron chi connectivity index (χ3n) is 3.96. The van der Waals surface area contributed by atoms with Gasteiger partial charge in [-0.05, 0) is 6.07 Å². The fraction of sp³-hybridized carbons (Fsp3) is 0.467. The van der Waals surface area contributed by atoms with E-state index in [1.165, 1.54) is 34.3 Å². The molecule has 0 atom stereocenters. The number of thioether (sulfide) groups is 1. The molecule has 0 radical (unpaired) electrons. The standard InChI is InChI=1S/C15H20N4O6S2/c16-14(20)11-26-9-4-15(21)17-5-7-18(8-6-17)27(24,25)13-3-1-2-12(10-13)19(22)23/h1-3,10H,4-9,11H2,(H2,16,20). The molecule has 2 N–H and O–H groups in total. The Kier molecular flexibility index (Phi) is 7.16. The molecule has 1 aromatic carbocycles. The van der Waals surface area contributed by atoms with Gasteiger partial charge in [0.15, 0.2) is 0 Å². The molecule has 0 saturated carbocycles. The first-order chi connectivity index (χ1) is 12.7. The Bertz CT molecular complexity index is 821. The molecular weight excluding hydrogens is 396 g/mol. The van der Waals surface area contributed by atoms with E-state index in [2.05, 4.69) is 0 Å². The summed E-state index contributed by atoms with van der Waals surface area (Å²) in [5.74, 6) is 0.0722. The van der Waals surface area contributed by atoms with Gasteiger partial charge in [0.25, 0.3) is 5.69 Å². The van der Waals surface area contributed by atoms with E-state index in [1.54, 1.807) is 4.90 Å². The number of rotatable bonds is 8. The van der Waals surface area contributed by atoms with Crippen LogP contribution in [0.4, 0.5) is 5.69 Å². The first-order valence-electron chi connectivity index (χ1n) is 8.10. The maximum absolute atomic E-state index is 12.7.